The predicted molar refractivity (Wildman–Crippen MR) is 107 cm³/mol. The van der Waals surface area contributed by atoms with E-state index in [0.717, 1.165) is 17.7 Å². The van der Waals surface area contributed by atoms with Gasteiger partial charge in [-0.1, -0.05) is 19.8 Å². The van der Waals surface area contributed by atoms with Gasteiger partial charge in [-0.25, -0.2) is 0 Å². The highest BCUT2D eigenvalue weighted by atomic mass is 32.1. The zero-order valence-corrected chi connectivity index (χ0v) is 16.3. The molecule has 1 aromatic carbocycles. The van der Waals surface area contributed by atoms with Crippen LogP contribution in [0.1, 0.15) is 44.6 Å². The molecule has 1 aliphatic carbocycles. The molecule has 1 aliphatic heterocycles. The third kappa shape index (κ3) is 5.56. The highest BCUT2D eigenvalue weighted by Crippen LogP contribution is 2.26. The van der Waals surface area contributed by atoms with Crippen LogP contribution in [-0.2, 0) is 16.0 Å². The molecule has 8 heteroatoms. The number of rotatable bonds is 4. The predicted octanol–water partition coefficient (Wildman–Crippen LogP) is 2.02. The standard InChI is InChI=1S/C19H26N4O3S/c1-12-4-2-3-5-15(12)21-19(27)23-22-18(25)11-26-14-7-8-16-13(10-14)6-9-17(24)20-16/h7-8,10,12,15H,2-6,9,11H2,1H3,(H,20,24)(H,22,25)(H2,21,23,27). The van der Waals surface area contributed by atoms with Gasteiger partial charge in [0.2, 0.25) is 5.91 Å². The number of carbonyl (C=O) groups is 2. The van der Waals surface area contributed by atoms with Crippen LogP contribution in [0.5, 0.6) is 5.75 Å². The molecule has 1 saturated carbocycles. The summed E-state index contributed by atoms with van der Waals surface area (Å²) in [6.07, 6.45) is 5.90. The molecule has 4 N–H and O–H groups in total. The number of thiocarbonyl (C=S) groups is 1. The average Bonchev–Trinajstić information content (AvgIpc) is 2.66. The number of amides is 2. The van der Waals surface area contributed by atoms with Gasteiger partial charge in [0.25, 0.3) is 5.91 Å². The molecule has 2 unspecified atom stereocenters. The minimum Gasteiger partial charge on any atom is -0.484 e. The Labute approximate surface area is 164 Å². The lowest BCUT2D eigenvalue weighted by atomic mass is 9.86. The molecule has 2 atom stereocenters. The number of anilines is 1. The van der Waals surface area contributed by atoms with Crippen LogP contribution in [0.4, 0.5) is 5.69 Å². The third-order valence-corrected chi connectivity index (χ3v) is 5.31. The van der Waals surface area contributed by atoms with Crippen LogP contribution in [0.3, 0.4) is 0 Å². The van der Waals surface area contributed by atoms with E-state index in [-0.39, 0.29) is 18.4 Å². The fourth-order valence-electron chi connectivity index (χ4n) is 3.50. The molecule has 27 heavy (non-hydrogen) atoms. The lowest BCUT2D eigenvalue weighted by Crippen LogP contribution is -2.52. The van der Waals surface area contributed by atoms with Crippen molar-refractivity contribution in [1.29, 1.82) is 0 Å². The van der Waals surface area contributed by atoms with Crippen molar-refractivity contribution in [2.45, 2.75) is 51.5 Å². The van der Waals surface area contributed by atoms with Crippen molar-refractivity contribution in [2.24, 2.45) is 5.92 Å². The van der Waals surface area contributed by atoms with Gasteiger partial charge in [0.05, 0.1) is 0 Å². The summed E-state index contributed by atoms with van der Waals surface area (Å²) in [5.41, 5.74) is 7.10. The van der Waals surface area contributed by atoms with E-state index in [1.807, 2.05) is 6.07 Å². The fourth-order valence-corrected chi connectivity index (χ4v) is 3.70. The lowest BCUT2D eigenvalue weighted by molar-refractivity contribution is -0.123. The second kappa shape index (κ2) is 9.03. The highest BCUT2D eigenvalue weighted by Gasteiger charge is 2.21. The Hall–Kier alpha value is -2.35. The third-order valence-electron chi connectivity index (χ3n) is 5.09. The number of nitrogens with one attached hydrogen (secondary N) is 4. The number of fused-ring (bicyclic) bond motifs is 1. The molecule has 3 rings (SSSR count). The molecule has 0 saturated heterocycles. The molecular weight excluding hydrogens is 364 g/mol. The first-order chi connectivity index (χ1) is 13.0. The van der Waals surface area contributed by atoms with Crippen molar-refractivity contribution < 1.29 is 14.3 Å². The van der Waals surface area contributed by atoms with Crippen LogP contribution in [0.2, 0.25) is 0 Å². The average molecular weight is 391 g/mol. The molecule has 2 amide bonds. The molecule has 1 aromatic rings. The van der Waals surface area contributed by atoms with Gasteiger partial charge < -0.3 is 15.4 Å². The maximum absolute atomic E-state index is 12.0. The summed E-state index contributed by atoms with van der Waals surface area (Å²) >= 11 is 5.25. The Morgan fingerprint density at radius 3 is 2.89 bits per heavy atom. The molecule has 0 radical (unpaired) electrons. The number of carbonyl (C=O) groups excluding carboxylic acids is 2. The van der Waals surface area contributed by atoms with E-state index in [1.54, 1.807) is 12.1 Å². The van der Waals surface area contributed by atoms with Crippen LogP contribution < -0.4 is 26.2 Å². The first-order valence-corrected chi connectivity index (χ1v) is 9.83. The summed E-state index contributed by atoms with van der Waals surface area (Å²) in [5, 5.41) is 6.50. The van der Waals surface area contributed by atoms with E-state index in [0.29, 0.717) is 35.7 Å². The second-order valence-corrected chi connectivity index (χ2v) is 7.58. The number of hydrazine groups is 1. The second-order valence-electron chi connectivity index (χ2n) is 7.17. The van der Waals surface area contributed by atoms with Crippen LogP contribution in [0.15, 0.2) is 18.2 Å². The first kappa shape index (κ1) is 19.4. The van der Waals surface area contributed by atoms with Crippen molar-refractivity contribution >= 4 is 34.8 Å². The monoisotopic (exact) mass is 390 g/mol. The van der Waals surface area contributed by atoms with Gasteiger partial charge in [-0.2, -0.15) is 0 Å². The Bertz CT molecular complexity index is 725. The summed E-state index contributed by atoms with van der Waals surface area (Å²) in [4.78, 5) is 23.3. The molecule has 0 aromatic heterocycles. The highest BCUT2D eigenvalue weighted by molar-refractivity contribution is 7.80. The Morgan fingerprint density at radius 1 is 1.26 bits per heavy atom. The van der Waals surface area contributed by atoms with Gasteiger partial charge in [-0.3, -0.25) is 20.4 Å². The maximum Gasteiger partial charge on any atom is 0.276 e. The Balaban J connectivity index is 1.39. The zero-order chi connectivity index (χ0) is 19.2. The molecule has 7 nitrogen and oxygen atoms in total. The molecule has 146 valence electrons. The fraction of sp³-hybridized carbons (Fsp3) is 0.526. The Kier molecular flexibility index (Phi) is 6.49. The summed E-state index contributed by atoms with van der Waals surface area (Å²) in [6.45, 7) is 2.09. The molecule has 1 heterocycles. The summed E-state index contributed by atoms with van der Waals surface area (Å²) < 4.78 is 5.53. The van der Waals surface area contributed by atoms with Crippen molar-refractivity contribution in [3.05, 3.63) is 23.8 Å². The van der Waals surface area contributed by atoms with Crippen molar-refractivity contribution in [1.82, 2.24) is 16.2 Å². The van der Waals surface area contributed by atoms with E-state index >= 15 is 0 Å². The smallest absolute Gasteiger partial charge is 0.276 e. The van der Waals surface area contributed by atoms with Gasteiger partial charge in [0.15, 0.2) is 11.7 Å². The SMILES string of the molecule is CC1CCCCC1NC(=S)NNC(=O)COc1ccc2c(c1)CCC(=O)N2. The summed E-state index contributed by atoms with van der Waals surface area (Å²) in [6, 6.07) is 5.74. The van der Waals surface area contributed by atoms with E-state index < -0.39 is 0 Å². The number of aryl methyl sites for hydroxylation is 1. The summed E-state index contributed by atoms with van der Waals surface area (Å²) in [5.74, 6) is 0.874. The summed E-state index contributed by atoms with van der Waals surface area (Å²) in [7, 11) is 0. The van der Waals surface area contributed by atoms with Gasteiger partial charge in [-0.05, 0) is 61.2 Å². The van der Waals surface area contributed by atoms with Crippen LogP contribution in [0, 0.1) is 5.92 Å². The zero-order valence-electron chi connectivity index (χ0n) is 15.5. The minimum atomic E-state index is -0.318. The lowest BCUT2D eigenvalue weighted by Gasteiger charge is -2.30. The number of benzene rings is 1. The van der Waals surface area contributed by atoms with Crippen LogP contribution in [0.25, 0.3) is 0 Å². The largest absolute Gasteiger partial charge is 0.484 e. The van der Waals surface area contributed by atoms with Gasteiger partial charge in [0, 0.05) is 18.2 Å². The minimum absolute atomic E-state index is 0.0221. The van der Waals surface area contributed by atoms with Crippen molar-refractivity contribution in [3.63, 3.8) is 0 Å². The normalized spacial score (nSPS) is 21.4. The van der Waals surface area contributed by atoms with Gasteiger partial charge in [-0.15, -0.1) is 0 Å². The van der Waals surface area contributed by atoms with E-state index in [1.165, 1.54) is 19.3 Å². The number of hydrogen-bond donors (Lipinski definition) is 4. The van der Waals surface area contributed by atoms with E-state index in [4.69, 9.17) is 17.0 Å². The van der Waals surface area contributed by atoms with Gasteiger partial charge >= 0.3 is 0 Å². The quantitative estimate of drug-likeness (QED) is 0.465. The van der Waals surface area contributed by atoms with Gasteiger partial charge in [0.1, 0.15) is 5.75 Å². The molecule has 0 bridgehead atoms. The first-order valence-electron chi connectivity index (χ1n) is 9.42. The molecular formula is C19H26N4O3S. The van der Waals surface area contributed by atoms with Crippen LogP contribution in [-0.4, -0.2) is 29.6 Å². The van der Waals surface area contributed by atoms with E-state index in [2.05, 4.69) is 28.4 Å². The van der Waals surface area contributed by atoms with E-state index in [9.17, 15) is 9.59 Å². The topological polar surface area (TPSA) is 91.5 Å². The number of ether oxygens (including phenoxy) is 1. The molecule has 2 aliphatic rings. The van der Waals surface area contributed by atoms with Crippen molar-refractivity contribution in [2.75, 3.05) is 11.9 Å². The Morgan fingerprint density at radius 2 is 2.07 bits per heavy atom. The maximum atomic E-state index is 12.0. The van der Waals surface area contributed by atoms with Crippen molar-refractivity contribution in [3.8, 4) is 5.75 Å². The molecule has 0 spiro atoms. The van der Waals surface area contributed by atoms with Crippen LogP contribution >= 0.6 is 12.2 Å². The number of hydrogen-bond acceptors (Lipinski definition) is 4. The molecule has 1 fully saturated rings.